The number of carboxylic acid groups (broad SMARTS) is 1. The highest BCUT2D eigenvalue weighted by Crippen LogP contribution is 2.24. The second-order valence-corrected chi connectivity index (χ2v) is 6.68. The number of piperazine rings is 1. The van der Waals surface area contributed by atoms with Crippen molar-refractivity contribution in [1.29, 1.82) is 0 Å². The molecule has 1 aromatic heterocycles. The monoisotopic (exact) mass is 350 g/mol. The van der Waals surface area contributed by atoms with Crippen molar-refractivity contribution >= 4 is 29.9 Å². The summed E-state index contributed by atoms with van der Waals surface area (Å²) in [6.07, 6.45) is 1.58. The molecule has 1 saturated heterocycles. The van der Waals surface area contributed by atoms with E-state index in [4.69, 9.17) is 14.3 Å². The Hall–Kier alpha value is -2.77. The molecular formula is C17H22N2O6. The minimum atomic E-state index is -1.12. The highest BCUT2D eigenvalue weighted by Gasteiger charge is 2.36. The fourth-order valence-corrected chi connectivity index (χ4v) is 2.41. The molecule has 2 amide bonds. The summed E-state index contributed by atoms with van der Waals surface area (Å²) in [7, 11) is 0. The van der Waals surface area contributed by atoms with Gasteiger partial charge in [0.25, 0.3) is 5.91 Å². The Morgan fingerprint density at radius 1 is 1.32 bits per heavy atom. The first-order valence-electron chi connectivity index (χ1n) is 7.90. The zero-order chi connectivity index (χ0) is 18.8. The summed E-state index contributed by atoms with van der Waals surface area (Å²) in [6, 6.07) is 2.45. The van der Waals surface area contributed by atoms with Gasteiger partial charge in [0.1, 0.15) is 17.4 Å². The molecule has 8 nitrogen and oxygen atoms in total. The van der Waals surface area contributed by atoms with Crippen LogP contribution in [0.15, 0.2) is 22.6 Å². The van der Waals surface area contributed by atoms with Gasteiger partial charge in [-0.15, -0.1) is 0 Å². The average molecular weight is 350 g/mol. The van der Waals surface area contributed by atoms with Crippen molar-refractivity contribution in [3.05, 3.63) is 24.0 Å². The normalized spacial score (nSPS) is 18.7. The molecule has 0 aliphatic carbocycles. The minimum Gasteiger partial charge on any atom is -0.465 e. The van der Waals surface area contributed by atoms with Crippen LogP contribution in [0.1, 0.15) is 33.5 Å². The maximum Gasteiger partial charge on any atom is 0.408 e. The number of amides is 2. The number of esters is 1. The molecule has 0 bridgehead atoms. The molecule has 0 aromatic carbocycles. The Morgan fingerprint density at radius 3 is 2.60 bits per heavy atom. The van der Waals surface area contributed by atoms with Crippen molar-refractivity contribution in [3.63, 3.8) is 0 Å². The second-order valence-electron chi connectivity index (χ2n) is 6.68. The lowest BCUT2D eigenvalue weighted by atomic mass is 10.2. The minimum absolute atomic E-state index is 0.200. The lowest BCUT2D eigenvalue weighted by Crippen LogP contribution is -2.57. The molecule has 0 unspecified atom stereocenters. The highest BCUT2D eigenvalue weighted by atomic mass is 16.6. The summed E-state index contributed by atoms with van der Waals surface area (Å²) in [6.45, 7) is 7.26. The molecule has 0 spiro atoms. The van der Waals surface area contributed by atoms with Gasteiger partial charge < -0.3 is 14.3 Å². The molecule has 136 valence electrons. The number of furan rings is 1. The van der Waals surface area contributed by atoms with Crippen LogP contribution >= 0.6 is 0 Å². The van der Waals surface area contributed by atoms with Crippen LogP contribution in [0.2, 0.25) is 0 Å². The SMILES string of the molecule is C[C@@H]1C(=O)N(c2ccc(/C=C/C(=O)OC(C)(C)C)o2)CCN1C(=O)O. The number of carbonyl (C=O) groups is 3. The van der Waals surface area contributed by atoms with E-state index in [9.17, 15) is 14.4 Å². The van der Waals surface area contributed by atoms with E-state index in [0.29, 0.717) is 11.6 Å². The molecule has 1 fully saturated rings. The molecule has 8 heteroatoms. The zero-order valence-electron chi connectivity index (χ0n) is 14.7. The number of nitrogens with zero attached hydrogens (tertiary/aromatic N) is 2. The smallest absolute Gasteiger partial charge is 0.408 e. The average Bonchev–Trinajstić information content (AvgIpc) is 2.94. The van der Waals surface area contributed by atoms with Crippen molar-refractivity contribution in [2.24, 2.45) is 0 Å². The Labute approximate surface area is 145 Å². The number of hydrogen-bond acceptors (Lipinski definition) is 5. The molecule has 1 N–H and O–H groups in total. The van der Waals surface area contributed by atoms with E-state index in [0.717, 1.165) is 4.90 Å². The first-order valence-corrected chi connectivity index (χ1v) is 7.90. The second kappa shape index (κ2) is 7.00. The van der Waals surface area contributed by atoms with Gasteiger partial charge in [0.15, 0.2) is 0 Å². The van der Waals surface area contributed by atoms with Gasteiger partial charge in [0.2, 0.25) is 5.88 Å². The van der Waals surface area contributed by atoms with Gasteiger partial charge in [0, 0.05) is 25.2 Å². The van der Waals surface area contributed by atoms with Crippen molar-refractivity contribution < 1.29 is 28.6 Å². The first kappa shape index (κ1) is 18.6. The van der Waals surface area contributed by atoms with E-state index in [-0.39, 0.29) is 19.0 Å². The van der Waals surface area contributed by atoms with E-state index < -0.39 is 23.7 Å². The van der Waals surface area contributed by atoms with Crippen LogP contribution in [0.4, 0.5) is 10.7 Å². The van der Waals surface area contributed by atoms with E-state index in [1.54, 1.807) is 32.9 Å². The van der Waals surface area contributed by atoms with E-state index >= 15 is 0 Å². The number of carbonyl (C=O) groups excluding carboxylic acids is 2. The van der Waals surface area contributed by atoms with Gasteiger partial charge in [0.05, 0.1) is 0 Å². The molecule has 0 saturated carbocycles. The van der Waals surface area contributed by atoms with Gasteiger partial charge in [-0.2, -0.15) is 0 Å². The van der Waals surface area contributed by atoms with Crippen molar-refractivity contribution in [3.8, 4) is 0 Å². The third kappa shape index (κ3) is 4.62. The van der Waals surface area contributed by atoms with Crippen LogP contribution in [0, 0.1) is 0 Å². The third-order valence-corrected chi connectivity index (χ3v) is 3.57. The summed E-state index contributed by atoms with van der Waals surface area (Å²) < 4.78 is 10.7. The first-order chi connectivity index (χ1) is 11.6. The lowest BCUT2D eigenvalue weighted by Gasteiger charge is -2.36. The topological polar surface area (TPSA) is 100 Å². The summed E-state index contributed by atoms with van der Waals surface area (Å²) >= 11 is 0. The fourth-order valence-electron chi connectivity index (χ4n) is 2.41. The van der Waals surface area contributed by atoms with Crippen molar-refractivity contribution in [1.82, 2.24) is 4.90 Å². The Balaban J connectivity index is 2.05. The van der Waals surface area contributed by atoms with Crippen LogP contribution in [0.3, 0.4) is 0 Å². The van der Waals surface area contributed by atoms with Crippen LogP contribution in [0.25, 0.3) is 6.08 Å². The summed E-state index contributed by atoms with van der Waals surface area (Å²) in [5, 5.41) is 9.07. The molecule has 1 aromatic rings. The fraction of sp³-hybridized carbons (Fsp3) is 0.471. The molecule has 1 aliphatic heterocycles. The maximum atomic E-state index is 12.3. The van der Waals surface area contributed by atoms with E-state index in [1.807, 2.05) is 0 Å². The molecule has 0 radical (unpaired) electrons. The van der Waals surface area contributed by atoms with Crippen molar-refractivity contribution in [2.75, 3.05) is 18.0 Å². The predicted molar refractivity (Wildman–Crippen MR) is 90.1 cm³/mol. The van der Waals surface area contributed by atoms with Gasteiger partial charge >= 0.3 is 12.1 Å². The molecule has 2 rings (SSSR count). The van der Waals surface area contributed by atoms with Gasteiger partial charge in [-0.3, -0.25) is 14.6 Å². The largest absolute Gasteiger partial charge is 0.465 e. The molecular weight excluding hydrogens is 328 g/mol. The number of anilines is 1. The number of rotatable bonds is 3. The summed E-state index contributed by atoms with van der Waals surface area (Å²) in [5.41, 5.74) is -0.581. The highest BCUT2D eigenvalue weighted by molar-refractivity contribution is 5.98. The molecule has 1 aliphatic rings. The van der Waals surface area contributed by atoms with Gasteiger partial charge in [-0.05, 0) is 39.8 Å². The van der Waals surface area contributed by atoms with Crippen molar-refractivity contribution in [2.45, 2.75) is 39.3 Å². The van der Waals surface area contributed by atoms with Crippen LogP contribution < -0.4 is 4.90 Å². The summed E-state index contributed by atoms with van der Waals surface area (Å²) in [4.78, 5) is 37.6. The van der Waals surface area contributed by atoms with Crippen LogP contribution in [-0.2, 0) is 14.3 Å². The predicted octanol–water partition coefficient (Wildman–Crippen LogP) is 2.35. The van der Waals surface area contributed by atoms with Gasteiger partial charge in [-0.25, -0.2) is 9.59 Å². The standard InChI is InChI=1S/C17H22N2O6/c1-11-15(21)19(10-9-18(11)16(22)23)13-7-5-12(24-13)6-8-14(20)25-17(2,3)4/h5-8,11H,9-10H2,1-4H3,(H,22,23)/b8-6+/t11-/m1/s1. The van der Waals surface area contributed by atoms with Crippen LogP contribution in [-0.4, -0.2) is 52.7 Å². The summed E-state index contributed by atoms with van der Waals surface area (Å²) in [5.74, 6) is -0.149. The van der Waals surface area contributed by atoms with E-state index in [2.05, 4.69) is 0 Å². The lowest BCUT2D eigenvalue weighted by molar-refractivity contribution is -0.148. The van der Waals surface area contributed by atoms with Gasteiger partial charge in [-0.1, -0.05) is 0 Å². The third-order valence-electron chi connectivity index (χ3n) is 3.57. The maximum absolute atomic E-state index is 12.3. The number of hydrogen-bond donors (Lipinski definition) is 1. The van der Waals surface area contributed by atoms with E-state index in [1.165, 1.54) is 24.0 Å². The Kier molecular flexibility index (Phi) is 5.20. The number of ether oxygens (including phenoxy) is 1. The quantitative estimate of drug-likeness (QED) is 0.663. The zero-order valence-corrected chi connectivity index (χ0v) is 14.7. The Morgan fingerprint density at radius 2 is 2.00 bits per heavy atom. The molecule has 25 heavy (non-hydrogen) atoms. The molecule has 1 atom stereocenters. The van der Waals surface area contributed by atoms with Crippen LogP contribution in [0.5, 0.6) is 0 Å². The molecule has 2 heterocycles. The Bertz CT molecular complexity index is 700.